The van der Waals surface area contributed by atoms with Crippen LogP contribution in [0.2, 0.25) is 0 Å². The molecule has 6 heteroatoms. The van der Waals surface area contributed by atoms with E-state index in [0.29, 0.717) is 38.8 Å². The van der Waals surface area contributed by atoms with Crippen LogP contribution in [-0.2, 0) is 11.2 Å². The second-order valence-electron chi connectivity index (χ2n) is 8.27. The minimum absolute atomic E-state index is 0.163. The first kappa shape index (κ1) is 20.3. The van der Waals surface area contributed by atoms with Crippen LogP contribution in [0.5, 0.6) is 0 Å². The predicted octanol–water partition coefficient (Wildman–Crippen LogP) is 3.36. The van der Waals surface area contributed by atoms with Gasteiger partial charge >= 0.3 is 0 Å². The lowest BCUT2D eigenvalue weighted by molar-refractivity contribution is -0.135. The first-order chi connectivity index (χ1) is 14.5. The highest BCUT2D eigenvalue weighted by molar-refractivity contribution is 5.77. The summed E-state index contributed by atoms with van der Waals surface area (Å²) in [7, 11) is 0. The fourth-order valence-electron chi connectivity index (χ4n) is 4.21. The van der Waals surface area contributed by atoms with Crippen LogP contribution in [0.25, 0.3) is 5.69 Å². The van der Waals surface area contributed by atoms with Gasteiger partial charge in [0.05, 0.1) is 23.7 Å². The molecule has 0 saturated carbocycles. The summed E-state index contributed by atoms with van der Waals surface area (Å²) in [5.74, 6) is 0.352. The lowest BCUT2D eigenvalue weighted by Gasteiger charge is -2.39. The molecule has 1 fully saturated rings. The van der Waals surface area contributed by atoms with Crippen molar-refractivity contribution in [3.05, 3.63) is 78.1 Å². The van der Waals surface area contributed by atoms with Crippen molar-refractivity contribution in [2.45, 2.75) is 44.1 Å². The third-order valence-corrected chi connectivity index (χ3v) is 6.08. The minimum Gasteiger partial charge on any atom is -0.389 e. The highest BCUT2D eigenvalue weighted by Gasteiger charge is 2.35. The van der Waals surface area contributed by atoms with E-state index < -0.39 is 5.60 Å². The monoisotopic (exact) mass is 404 g/mol. The zero-order valence-corrected chi connectivity index (χ0v) is 17.3. The van der Waals surface area contributed by atoms with E-state index in [4.69, 9.17) is 0 Å². The molecule has 6 nitrogen and oxygen atoms in total. The van der Waals surface area contributed by atoms with Crippen LogP contribution in [0, 0.1) is 0 Å². The number of rotatable bonds is 6. The number of carbonyl (C=O) groups excluding carboxylic acids is 1. The van der Waals surface area contributed by atoms with E-state index in [9.17, 15) is 9.90 Å². The van der Waals surface area contributed by atoms with Crippen molar-refractivity contribution in [2.24, 2.45) is 0 Å². The molecule has 1 aliphatic heterocycles. The molecule has 1 atom stereocenters. The zero-order valence-electron chi connectivity index (χ0n) is 17.3. The Morgan fingerprint density at radius 1 is 1.10 bits per heavy atom. The summed E-state index contributed by atoms with van der Waals surface area (Å²) >= 11 is 0. The molecule has 1 saturated heterocycles. The van der Waals surface area contributed by atoms with Crippen molar-refractivity contribution in [1.82, 2.24) is 19.9 Å². The number of hydrogen-bond acceptors (Lipinski definition) is 4. The number of aliphatic hydroxyl groups is 1. The van der Waals surface area contributed by atoms with Gasteiger partial charge in [-0.05, 0) is 36.0 Å². The van der Waals surface area contributed by atoms with Gasteiger partial charge in [-0.2, -0.15) is 0 Å². The number of benzene rings is 2. The first-order valence-corrected chi connectivity index (χ1v) is 10.5. The summed E-state index contributed by atoms with van der Waals surface area (Å²) in [6.45, 7) is 3.26. The topological polar surface area (TPSA) is 71.2 Å². The summed E-state index contributed by atoms with van der Waals surface area (Å²) in [6, 6.07) is 18.1. The largest absolute Gasteiger partial charge is 0.389 e. The van der Waals surface area contributed by atoms with Gasteiger partial charge in [-0.25, -0.2) is 4.68 Å². The van der Waals surface area contributed by atoms with E-state index in [1.54, 1.807) is 17.1 Å². The summed E-state index contributed by atoms with van der Waals surface area (Å²) in [5.41, 5.74) is 2.32. The Labute approximate surface area is 177 Å². The summed E-state index contributed by atoms with van der Waals surface area (Å²) in [5, 5.41) is 19.2. The molecule has 0 bridgehead atoms. The molecule has 2 aromatic carbocycles. The van der Waals surface area contributed by atoms with Gasteiger partial charge in [0.2, 0.25) is 5.91 Å². The molecule has 0 spiro atoms. The summed E-state index contributed by atoms with van der Waals surface area (Å²) in [6.07, 6.45) is 5.63. The van der Waals surface area contributed by atoms with Gasteiger partial charge in [0.15, 0.2) is 0 Å². The fourth-order valence-corrected chi connectivity index (χ4v) is 4.21. The zero-order chi connectivity index (χ0) is 21.0. The Kier molecular flexibility index (Phi) is 5.95. The van der Waals surface area contributed by atoms with Gasteiger partial charge in [0.1, 0.15) is 0 Å². The average Bonchev–Trinajstić information content (AvgIpc) is 3.29. The molecule has 3 aromatic rings. The molecule has 1 aliphatic rings. The molecule has 1 N–H and O–H groups in total. The van der Waals surface area contributed by atoms with Crippen LogP contribution < -0.4 is 0 Å². The molecular formula is C24H28N4O2. The molecule has 156 valence electrons. The highest BCUT2D eigenvalue weighted by Crippen LogP contribution is 2.30. The third kappa shape index (κ3) is 4.60. The number of carbonyl (C=O) groups is 1. The van der Waals surface area contributed by atoms with Crippen molar-refractivity contribution in [1.29, 1.82) is 0 Å². The Bertz CT molecular complexity index is 964. The van der Waals surface area contributed by atoms with E-state index in [1.165, 1.54) is 5.56 Å². The minimum atomic E-state index is -0.821. The van der Waals surface area contributed by atoms with Crippen LogP contribution in [0.3, 0.4) is 0 Å². The maximum atomic E-state index is 12.8. The van der Waals surface area contributed by atoms with Crippen LogP contribution in [-0.4, -0.2) is 49.6 Å². The second-order valence-corrected chi connectivity index (χ2v) is 8.27. The van der Waals surface area contributed by atoms with Crippen LogP contribution >= 0.6 is 0 Å². The predicted molar refractivity (Wildman–Crippen MR) is 115 cm³/mol. The van der Waals surface area contributed by atoms with E-state index in [-0.39, 0.29) is 11.8 Å². The number of nitrogens with zero attached hydrogens (tertiary/aromatic N) is 4. The number of para-hydroxylation sites is 1. The molecule has 0 radical (unpaired) electrons. The molecule has 2 heterocycles. The van der Waals surface area contributed by atoms with Gasteiger partial charge in [0.25, 0.3) is 0 Å². The first-order valence-electron chi connectivity index (χ1n) is 10.5. The van der Waals surface area contributed by atoms with Crippen molar-refractivity contribution in [3.8, 4) is 5.69 Å². The molecule has 1 amide bonds. The van der Waals surface area contributed by atoms with Gasteiger partial charge in [-0.15, -0.1) is 5.10 Å². The number of aromatic nitrogens is 3. The van der Waals surface area contributed by atoms with Crippen molar-refractivity contribution in [2.75, 3.05) is 13.1 Å². The number of piperidine rings is 1. The van der Waals surface area contributed by atoms with Crippen molar-refractivity contribution in [3.63, 3.8) is 0 Å². The summed E-state index contributed by atoms with van der Waals surface area (Å²) in [4.78, 5) is 14.7. The lowest BCUT2D eigenvalue weighted by Crippen LogP contribution is -2.48. The average molecular weight is 405 g/mol. The number of hydrogen-bond donors (Lipinski definition) is 1. The highest BCUT2D eigenvalue weighted by atomic mass is 16.3. The van der Waals surface area contributed by atoms with Crippen LogP contribution in [0.4, 0.5) is 0 Å². The van der Waals surface area contributed by atoms with Gasteiger partial charge in [0, 0.05) is 25.9 Å². The standard InChI is InChI=1S/C24H28N4O2/c1-19(20-7-3-2-4-8-20)17-23(29)27-14-11-24(30,12-15-27)18-21-9-5-6-10-22(21)28-16-13-25-26-28/h2-10,13,16,19,30H,11-12,14-15,17-18H2,1H3. The van der Waals surface area contributed by atoms with E-state index in [2.05, 4.69) is 29.4 Å². The molecule has 4 rings (SSSR count). The van der Waals surface area contributed by atoms with Crippen molar-refractivity contribution < 1.29 is 9.90 Å². The Morgan fingerprint density at radius 3 is 2.50 bits per heavy atom. The van der Waals surface area contributed by atoms with E-state index in [0.717, 1.165) is 11.3 Å². The van der Waals surface area contributed by atoms with Crippen LogP contribution in [0.1, 0.15) is 43.2 Å². The van der Waals surface area contributed by atoms with E-state index >= 15 is 0 Å². The molecular weight excluding hydrogens is 376 g/mol. The van der Waals surface area contributed by atoms with E-state index in [1.807, 2.05) is 47.4 Å². The van der Waals surface area contributed by atoms with Crippen molar-refractivity contribution >= 4 is 5.91 Å². The van der Waals surface area contributed by atoms with Gasteiger partial charge < -0.3 is 10.0 Å². The fraction of sp³-hybridized carbons (Fsp3) is 0.375. The SMILES string of the molecule is CC(CC(=O)N1CCC(O)(Cc2ccccc2-n2ccnn2)CC1)c1ccccc1. The smallest absolute Gasteiger partial charge is 0.223 e. The second kappa shape index (κ2) is 8.79. The molecule has 1 unspecified atom stereocenters. The van der Waals surface area contributed by atoms with Gasteiger partial charge in [-0.1, -0.05) is 60.7 Å². The lowest BCUT2D eigenvalue weighted by atomic mass is 9.84. The summed E-state index contributed by atoms with van der Waals surface area (Å²) < 4.78 is 1.72. The molecule has 0 aliphatic carbocycles. The quantitative estimate of drug-likeness (QED) is 0.684. The Balaban J connectivity index is 1.37. The molecule has 30 heavy (non-hydrogen) atoms. The number of likely N-dealkylation sites (tertiary alicyclic amines) is 1. The third-order valence-electron chi connectivity index (χ3n) is 6.08. The maximum absolute atomic E-state index is 12.8. The Morgan fingerprint density at radius 2 is 1.80 bits per heavy atom. The maximum Gasteiger partial charge on any atom is 0.223 e. The van der Waals surface area contributed by atoms with Crippen LogP contribution in [0.15, 0.2) is 67.0 Å². The Hall–Kier alpha value is -2.99. The van der Waals surface area contributed by atoms with Gasteiger partial charge in [-0.3, -0.25) is 4.79 Å². The normalized spacial score (nSPS) is 16.9. The number of amides is 1. The molecule has 1 aromatic heterocycles.